The van der Waals surface area contributed by atoms with E-state index in [0.717, 1.165) is 11.3 Å². The smallest absolute Gasteiger partial charge is 0.143 e. The number of anilines is 2. The third kappa shape index (κ3) is 1.51. The summed E-state index contributed by atoms with van der Waals surface area (Å²) in [6, 6.07) is 7.44. The number of furan rings is 1. The number of aromatic nitrogens is 1. The molecule has 0 bridgehead atoms. The zero-order valence-electron chi connectivity index (χ0n) is 10.0. The van der Waals surface area contributed by atoms with Crippen LogP contribution >= 0.6 is 11.3 Å². The van der Waals surface area contributed by atoms with Gasteiger partial charge in [0.15, 0.2) is 0 Å². The molecule has 0 aliphatic carbocycles. The molecule has 0 aliphatic rings. The molecule has 0 spiro atoms. The van der Waals surface area contributed by atoms with Crippen molar-refractivity contribution in [2.24, 2.45) is 0 Å². The maximum absolute atomic E-state index is 9.30. The molecule has 3 aromatic rings. The standard InChI is InChI=1S/C13H7N5OS/c14-4-6-9(7-2-1-3-19-7)10-11(16)8(5-15)20-13(10)18-12(6)17/h1-3H,16H2,(H2,17,18). The van der Waals surface area contributed by atoms with Gasteiger partial charge in [-0.1, -0.05) is 0 Å². The Morgan fingerprint density at radius 3 is 2.65 bits per heavy atom. The molecule has 0 amide bonds. The SMILES string of the molecule is N#Cc1sc2nc(N)c(C#N)c(-c3ccco3)c2c1N. The summed E-state index contributed by atoms with van der Waals surface area (Å²) in [5.74, 6) is 0.562. The van der Waals surface area contributed by atoms with E-state index in [1.54, 1.807) is 12.1 Å². The van der Waals surface area contributed by atoms with Crippen LogP contribution in [0.4, 0.5) is 11.5 Å². The van der Waals surface area contributed by atoms with Crippen LogP contribution < -0.4 is 11.5 Å². The molecule has 96 valence electrons. The van der Waals surface area contributed by atoms with Crippen LogP contribution in [0.1, 0.15) is 10.4 Å². The Balaban J connectivity index is 2.55. The molecule has 3 heterocycles. The van der Waals surface area contributed by atoms with Gasteiger partial charge in [0.25, 0.3) is 0 Å². The van der Waals surface area contributed by atoms with Gasteiger partial charge in [0.2, 0.25) is 0 Å². The van der Waals surface area contributed by atoms with E-state index >= 15 is 0 Å². The van der Waals surface area contributed by atoms with Crippen molar-refractivity contribution in [3.8, 4) is 23.5 Å². The van der Waals surface area contributed by atoms with Crippen molar-refractivity contribution in [3.63, 3.8) is 0 Å². The Kier molecular flexibility index (Phi) is 2.56. The van der Waals surface area contributed by atoms with Crippen molar-refractivity contribution < 1.29 is 4.42 Å². The zero-order valence-corrected chi connectivity index (χ0v) is 10.9. The van der Waals surface area contributed by atoms with E-state index in [4.69, 9.17) is 21.1 Å². The number of fused-ring (bicyclic) bond motifs is 1. The van der Waals surface area contributed by atoms with Gasteiger partial charge in [-0.05, 0) is 12.1 Å². The number of hydrogen-bond acceptors (Lipinski definition) is 7. The second kappa shape index (κ2) is 4.26. The second-order valence-electron chi connectivity index (χ2n) is 3.97. The van der Waals surface area contributed by atoms with Gasteiger partial charge in [0.05, 0.1) is 17.5 Å². The summed E-state index contributed by atoms with van der Waals surface area (Å²) >= 11 is 1.14. The molecular formula is C13H7N5OS. The molecule has 3 rings (SSSR count). The molecule has 0 radical (unpaired) electrons. The molecule has 0 saturated heterocycles. The van der Waals surface area contributed by atoms with Crippen molar-refractivity contribution in [1.82, 2.24) is 4.98 Å². The summed E-state index contributed by atoms with van der Waals surface area (Å²) in [6.07, 6.45) is 1.49. The minimum Gasteiger partial charge on any atom is -0.464 e. The van der Waals surface area contributed by atoms with Gasteiger partial charge in [-0.2, -0.15) is 10.5 Å². The minimum absolute atomic E-state index is 0.0946. The lowest BCUT2D eigenvalue weighted by molar-refractivity contribution is 0.583. The first kappa shape index (κ1) is 12.0. The Labute approximate surface area is 117 Å². The van der Waals surface area contributed by atoms with E-state index in [9.17, 15) is 5.26 Å². The molecule has 0 aliphatic heterocycles. The lowest BCUT2D eigenvalue weighted by Crippen LogP contribution is -1.98. The summed E-state index contributed by atoms with van der Waals surface area (Å²) in [6.45, 7) is 0. The van der Waals surface area contributed by atoms with Gasteiger partial charge < -0.3 is 15.9 Å². The van der Waals surface area contributed by atoms with E-state index in [-0.39, 0.29) is 11.4 Å². The first-order chi connectivity index (χ1) is 9.67. The maximum atomic E-state index is 9.30. The molecular weight excluding hydrogens is 274 g/mol. The fourth-order valence-corrected chi connectivity index (χ4v) is 2.94. The zero-order chi connectivity index (χ0) is 14.3. The molecule has 0 aromatic carbocycles. The number of rotatable bonds is 1. The first-order valence-electron chi connectivity index (χ1n) is 5.53. The summed E-state index contributed by atoms with van der Waals surface area (Å²) < 4.78 is 5.35. The molecule has 4 N–H and O–H groups in total. The van der Waals surface area contributed by atoms with E-state index in [0.29, 0.717) is 32.1 Å². The van der Waals surface area contributed by atoms with E-state index in [1.807, 2.05) is 12.1 Å². The van der Waals surface area contributed by atoms with Crippen LogP contribution in [-0.2, 0) is 0 Å². The van der Waals surface area contributed by atoms with Crippen LogP contribution in [0.15, 0.2) is 22.8 Å². The number of nitriles is 2. The lowest BCUT2D eigenvalue weighted by Gasteiger charge is -2.06. The number of hydrogen-bond donors (Lipinski definition) is 2. The van der Waals surface area contributed by atoms with Crippen LogP contribution in [0.25, 0.3) is 21.5 Å². The summed E-state index contributed by atoms with van der Waals surface area (Å²) in [5, 5.41) is 18.9. The predicted molar refractivity (Wildman–Crippen MR) is 75.6 cm³/mol. The molecule has 3 aromatic heterocycles. The van der Waals surface area contributed by atoms with Crippen LogP contribution in [-0.4, -0.2) is 4.98 Å². The van der Waals surface area contributed by atoms with E-state index in [2.05, 4.69) is 4.98 Å². The summed E-state index contributed by atoms with van der Waals surface area (Å²) in [5.41, 5.74) is 12.8. The predicted octanol–water partition coefficient (Wildman–Crippen LogP) is 2.46. The molecule has 0 fully saturated rings. The normalized spacial score (nSPS) is 10.3. The summed E-state index contributed by atoms with van der Waals surface area (Å²) in [7, 11) is 0. The first-order valence-corrected chi connectivity index (χ1v) is 6.34. The highest BCUT2D eigenvalue weighted by Crippen LogP contribution is 2.42. The number of thiophene rings is 1. The van der Waals surface area contributed by atoms with E-state index in [1.165, 1.54) is 6.26 Å². The fourth-order valence-electron chi connectivity index (χ4n) is 2.03. The average molecular weight is 281 g/mol. The lowest BCUT2D eigenvalue weighted by atomic mass is 10.0. The topological polar surface area (TPSA) is 126 Å². The number of nitrogens with two attached hydrogens (primary N) is 2. The molecule has 0 atom stereocenters. The van der Waals surface area contributed by atoms with Crippen LogP contribution in [0.5, 0.6) is 0 Å². The van der Waals surface area contributed by atoms with Crippen molar-refractivity contribution >= 4 is 33.1 Å². The quantitative estimate of drug-likeness (QED) is 0.705. The highest BCUT2D eigenvalue weighted by atomic mass is 32.1. The van der Waals surface area contributed by atoms with Gasteiger partial charge in [0.1, 0.15) is 39.0 Å². The van der Waals surface area contributed by atoms with Crippen molar-refractivity contribution in [3.05, 3.63) is 28.8 Å². The van der Waals surface area contributed by atoms with Gasteiger partial charge >= 0.3 is 0 Å². The van der Waals surface area contributed by atoms with Crippen LogP contribution in [0, 0.1) is 22.7 Å². The summed E-state index contributed by atoms with van der Waals surface area (Å²) in [4.78, 5) is 5.01. The van der Waals surface area contributed by atoms with Crippen molar-refractivity contribution in [2.75, 3.05) is 11.5 Å². The van der Waals surface area contributed by atoms with E-state index < -0.39 is 0 Å². The fraction of sp³-hybridized carbons (Fsp3) is 0. The monoisotopic (exact) mass is 281 g/mol. The van der Waals surface area contributed by atoms with Crippen LogP contribution in [0.3, 0.4) is 0 Å². The third-order valence-corrected chi connectivity index (χ3v) is 3.89. The van der Waals surface area contributed by atoms with Gasteiger partial charge in [-0.3, -0.25) is 0 Å². The molecule has 20 heavy (non-hydrogen) atoms. The van der Waals surface area contributed by atoms with Crippen LogP contribution in [0.2, 0.25) is 0 Å². The Hall–Kier alpha value is -3.03. The molecule has 0 unspecified atom stereocenters. The molecule has 0 saturated carbocycles. The third-order valence-electron chi connectivity index (χ3n) is 2.89. The van der Waals surface area contributed by atoms with Crippen molar-refractivity contribution in [2.45, 2.75) is 0 Å². The van der Waals surface area contributed by atoms with Gasteiger partial charge in [0, 0.05) is 5.39 Å². The van der Waals surface area contributed by atoms with Gasteiger partial charge in [-0.15, -0.1) is 11.3 Å². The Bertz CT molecular complexity index is 896. The Morgan fingerprint density at radius 2 is 2.05 bits per heavy atom. The maximum Gasteiger partial charge on any atom is 0.143 e. The largest absolute Gasteiger partial charge is 0.464 e. The average Bonchev–Trinajstić information content (AvgIpc) is 3.06. The number of nitrogens with zero attached hydrogens (tertiary/aromatic N) is 3. The highest BCUT2D eigenvalue weighted by Gasteiger charge is 2.22. The number of nitrogen functional groups attached to an aromatic ring is 2. The van der Waals surface area contributed by atoms with Gasteiger partial charge in [-0.25, -0.2) is 4.98 Å². The second-order valence-corrected chi connectivity index (χ2v) is 4.97. The van der Waals surface area contributed by atoms with Crippen molar-refractivity contribution in [1.29, 1.82) is 10.5 Å². The highest BCUT2D eigenvalue weighted by molar-refractivity contribution is 7.20. The minimum atomic E-state index is 0.0946. The number of pyridine rings is 1. The molecule has 7 heteroatoms. The molecule has 6 nitrogen and oxygen atoms in total. The Morgan fingerprint density at radius 1 is 1.25 bits per heavy atom.